The fourth-order valence-corrected chi connectivity index (χ4v) is 2.23. The molecule has 0 aliphatic heterocycles. The molecule has 2 aromatic rings. The first-order valence-electron chi connectivity index (χ1n) is 5.48. The molecule has 0 aliphatic carbocycles. The van der Waals surface area contributed by atoms with Gasteiger partial charge in [0.25, 0.3) is 0 Å². The summed E-state index contributed by atoms with van der Waals surface area (Å²) in [5, 5.41) is 0. The van der Waals surface area contributed by atoms with Crippen molar-refractivity contribution in [2.24, 2.45) is 0 Å². The molecule has 0 amide bonds. The molecule has 0 N–H and O–H groups in total. The van der Waals surface area contributed by atoms with Crippen molar-refractivity contribution >= 4 is 22.2 Å². The fraction of sp³-hybridized carbons (Fsp3) is 0.214. The summed E-state index contributed by atoms with van der Waals surface area (Å²) in [6, 6.07) is 10.2. The smallest absolute Gasteiger partial charge is 0.151 e. The Morgan fingerprint density at radius 1 is 1.24 bits per heavy atom. The Hall–Kier alpha value is -1.35. The number of hydrogen-bond donors (Lipinski definition) is 0. The quantitative estimate of drug-likeness (QED) is 0.790. The van der Waals surface area contributed by atoms with Gasteiger partial charge in [-0.15, -0.1) is 0 Å². The minimum absolute atomic E-state index is 0.777. The maximum absolute atomic E-state index is 10.9. The predicted octanol–water partition coefficient (Wildman–Crippen LogP) is 3.73. The number of carbonyl (C=O) groups excluding carboxylic acids is 1. The first-order valence-corrected chi connectivity index (χ1v) is 6.27. The lowest BCUT2D eigenvalue weighted by Crippen LogP contribution is -2.04. The van der Waals surface area contributed by atoms with Crippen molar-refractivity contribution in [3.05, 3.63) is 57.3 Å². The summed E-state index contributed by atoms with van der Waals surface area (Å²) in [4.78, 5) is 10.9. The van der Waals surface area contributed by atoms with Crippen molar-refractivity contribution in [1.82, 2.24) is 4.57 Å². The van der Waals surface area contributed by atoms with Gasteiger partial charge in [-0.25, -0.2) is 0 Å². The van der Waals surface area contributed by atoms with E-state index in [-0.39, 0.29) is 0 Å². The van der Waals surface area contributed by atoms with Crippen LogP contribution in [0.4, 0.5) is 0 Å². The van der Waals surface area contributed by atoms with E-state index in [2.05, 4.69) is 32.6 Å². The van der Waals surface area contributed by atoms with Crippen LogP contribution in [0.3, 0.4) is 0 Å². The van der Waals surface area contributed by atoms with Crippen LogP contribution in [-0.2, 0) is 6.54 Å². The van der Waals surface area contributed by atoms with Crippen molar-refractivity contribution in [1.29, 1.82) is 0 Å². The first kappa shape index (κ1) is 12.1. The van der Waals surface area contributed by atoms with Gasteiger partial charge in [0.05, 0.1) is 0 Å². The Bertz CT molecular complexity index is 540. The molecule has 0 aliphatic rings. The molecule has 1 aromatic carbocycles. The van der Waals surface area contributed by atoms with Gasteiger partial charge in [0.2, 0.25) is 0 Å². The van der Waals surface area contributed by atoms with E-state index >= 15 is 0 Å². The number of rotatable bonds is 3. The van der Waals surface area contributed by atoms with Crippen molar-refractivity contribution in [2.45, 2.75) is 20.4 Å². The van der Waals surface area contributed by atoms with E-state index < -0.39 is 0 Å². The lowest BCUT2D eigenvalue weighted by atomic mass is 10.2. The van der Waals surface area contributed by atoms with Crippen LogP contribution >= 0.6 is 15.9 Å². The number of halogens is 1. The zero-order valence-electron chi connectivity index (χ0n) is 9.90. The average Bonchev–Trinajstić information content (AvgIpc) is 2.59. The van der Waals surface area contributed by atoms with Gasteiger partial charge >= 0.3 is 0 Å². The van der Waals surface area contributed by atoms with Crippen LogP contribution in [0.25, 0.3) is 0 Å². The molecule has 0 bridgehead atoms. The molecule has 1 heterocycles. The summed E-state index contributed by atoms with van der Waals surface area (Å²) < 4.78 is 3.24. The predicted molar refractivity (Wildman–Crippen MR) is 72.5 cm³/mol. The van der Waals surface area contributed by atoms with Gasteiger partial charge in [0, 0.05) is 28.0 Å². The molecule has 0 atom stereocenters. The summed E-state index contributed by atoms with van der Waals surface area (Å²) in [7, 11) is 0. The lowest BCUT2D eigenvalue weighted by molar-refractivity contribution is 0.112. The molecule has 88 valence electrons. The molecule has 0 fully saturated rings. The number of hydrogen-bond acceptors (Lipinski definition) is 1. The van der Waals surface area contributed by atoms with E-state index in [4.69, 9.17) is 0 Å². The van der Waals surface area contributed by atoms with Gasteiger partial charge in [-0.2, -0.15) is 0 Å². The van der Waals surface area contributed by atoms with Crippen molar-refractivity contribution in [3.8, 4) is 0 Å². The summed E-state index contributed by atoms with van der Waals surface area (Å²) in [5.74, 6) is 0. The van der Waals surface area contributed by atoms with E-state index in [1.54, 1.807) is 0 Å². The van der Waals surface area contributed by atoms with E-state index in [0.717, 1.165) is 34.3 Å². The number of aryl methyl sites for hydroxylation is 1. The summed E-state index contributed by atoms with van der Waals surface area (Å²) in [6.07, 6.45) is 0.917. The number of nitrogens with zero attached hydrogens (tertiary/aromatic N) is 1. The van der Waals surface area contributed by atoms with Crippen LogP contribution in [0.2, 0.25) is 0 Å². The Kier molecular flexibility index (Phi) is 3.48. The second-order valence-electron chi connectivity index (χ2n) is 4.16. The number of aromatic nitrogens is 1. The highest BCUT2D eigenvalue weighted by molar-refractivity contribution is 9.10. The highest BCUT2D eigenvalue weighted by Gasteiger charge is 2.08. The molecule has 2 nitrogen and oxygen atoms in total. The van der Waals surface area contributed by atoms with Crippen LogP contribution in [0.15, 0.2) is 34.8 Å². The Morgan fingerprint density at radius 2 is 1.88 bits per heavy atom. The number of aldehydes is 1. The third kappa shape index (κ3) is 2.50. The molecule has 3 heteroatoms. The van der Waals surface area contributed by atoms with Crippen LogP contribution in [0, 0.1) is 13.8 Å². The van der Waals surface area contributed by atoms with Gasteiger partial charge in [0.1, 0.15) is 0 Å². The zero-order chi connectivity index (χ0) is 12.4. The lowest BCUT2D eigenvalue weighted by Gasteiger charge is -2.09. The van der Waals surface area contributed by atoms with E-state index in [1.807, 2.05) is 32.0 Å². The molecule has 0 unspecified atom stereocenters. The minimum atomic E-state index is 0.777. The van der Waals surface area contributed by atoms with E-state index in [0.29, 0.717) is 0 Å². The summed E-state index contributed by atoms with van der Waals surface area (Å²) in [6.45, 7) is 4.81. The SMILES string of the molecule is Cc1cc(C=O)c(C)n1Cc1ccc(Br)cc1. The molecule has 0 saturated heterocycles. The van der Waals surface area contributed by atoms with Gasteiger partial charge in [0.15, 0.2) is 6.29 Å². The Balaban J connectivity index is 2.32. The second-order valence-corrected chi connectivity index (χ2v) is 5.07. The maximum atomic E-state index is 10.9. The molecule has 0 radical (unpaired) electrons. The van der Waals surface area contributed by atoms with E-state index in [1.165, 1.54) is 5.56 Å². The molecule has 2 rings (SSSR count). The fourth-order valence-electron chi connectivity index (χ4n) is 1.96. The van der Waals surface area contributed by atoms with Crippen molar-refractivity contribution in [2.75, 3.05) is 0 Å². The molecular weight excluding hydrogens is 278 g/mol. The standard InChI is InChI=1S/C14H14BrNO/c1-10-7-13(9-17)11(2)16(10)8-12-3-5-14(15)6-4-12/h3-7,9H,8H2,1-2H3. The molecule has 0 saturated carbocycles. The maximum Gasteiger partial charge on any atom is 0.151 e. The zero-order valence-corrected chi connectivity index (χ0v) is 11.5. The largest absolute Gasteiger partial charge is 0.344 e. The van der Waals surface area contributed by atoms with Crippen LogP contribution < -0.4 is 0 Å². The van der Waals surface area contributed by atoms with Crippen LogP contribution in [0.1, 0.15) is 27.3 Å². The van der Waals surface area contributed by atoms with Crippen LogP contribution in [0.5, 0.6) is 0 Å². The van der Waals surface area contributed by atoms with Gasteiger partial charge in [-0.1, -0.05) is 28.1 Å². The highest BCUT2D eigenvalue weighted by atomic mass is 79.9. The van der Waals surface area contributed by atoms with Crippen molar-refractivity contribution < 1.29 is 4.79 Å². The van der Waals surface area contributed by atoms with Gasteiger partial charge < -0.3 is 4.57 Å². The van der Waals surface area contributed by atoms with Crippen molar-refractivity contribution in [3.63, 3.8) is 0 Å². The minimum Gasteiger partial charge on any atom is -0.344 e. The van der Waals surface area contributed by atoms with E-state index in [9.17, 15) is 4.79 Å². The normalized spacial score (nSPS) is 10.5. The Morgan fingerprint density at radius 3 is 2.41 bits per heavy atom. The monoisotopic (exact) mass is 291 g/mol. The third-order valence-electron chi connectivity index (χ3n) is 2.99. The molecule has 0 spiro atoms. The molecular formula is C14H14BrNO. The van der Waals surface area contributed by atoms with Gasteiger partial charge in [-0.3, -0.25) is 4.79 Å². The molecule has 17 heavy (non-hydrogen) atoms. The number of benzene rings is 1. The van der Waals surface area contributed by atoms with Crippen LogP contribution in [-0.4, -0.2) is 10.9 Å². The summed E-state index contributed by atoms with van der Waals surface area (Å²) >= 11 is 3.42. The number of carbonyl (C=O) groups is 1. The third-order valence-corrected chi connectivity index (χ3v) is 3.52. The second kappa shape index (κ2) is 4.88. The Labute approximate surface area is 109 Å². The summed E-state index contributed by atoms with van der Waals surface area (Å²) in [5.41, 5.74) is 4.15. The van der Waals surface area contributed by atoms with Gasteiger partial charge in [-0.05, 0) is 37.6 Å². The average molecular weight is 292 g/mol. The first-order chi connectivity index (χ1) is 8.11. The topological polar surface area (TPSA) is 22.0 Å². The highest BCUT2D eigenvalue weighted by Crippen LogP contribution is 2.17. The molecule has 1 aromatic heterocycles.